The molecule has 0 atom stereocenters. The second-order valence-electron chi connectivity index (χ2n) is 5.27. The third-order valence-electron chi connectivity index (χ3n) is 2.52. The van der Waals surface area contributed by atoms with Gasteiger partial charge in [-0.15, -0.1) is 11.3 Å². The number of aromatic nitrogens is 1. The Kier molecular flexibility index (Phi) is 4.26. The van der Waals surface area contributed by atoms with E-state index < -0.39 is 0 Å². The molecule has 0 bridgehead atoms. The van der Waals surface area contributed by atoms with Crippen LogP contribution in [0.15, 0.2) is 28.1 Å². The Morgan fingerprint density at radius 1 is 1.32 bits per heavy atom. The molecule has 0 N–H and O–H groups in total. The van der Waals surface area contributed by atoms with Crippen molar-refractivity contribution in [1.29, 1.82) is 0 Å². The summed E-state index contributed by atoms with van der Waals surface area (Å²) in [6, 6.07) is 4.50. The van der Waals surface area contributed by atoms with Crippen LogP contribution in [-0.4, -0.2) is 4.98 Å². The lowest BCUT2D eigenvalue weighted by Gasteiger charge is -2.14. The van der Waals surface area contributed by atoms with Crippen molar-refractivity contribution in [3.8, 4) is 5.75 Å². The minimum Gasteiger partial charge on any atom is -0.486 e. The summed E-state index contributed by atoms with van der Waals surface area (Å²) in [4.78, 5) is 4.53. The first-order valence-corrected chi connectivity index (χ1v) is 7.55. The summed E-state index contributed by atoms with van der Waals surface area (Å²) in [5, 5.41) is 2.94. The fourth-order valence-electron chi connectivity index (χ4n) is 1.48. The van der Waals surface area contributed by atoms with Crippen LogP contribution in [0.5, 0.6) is 5.75 Å². The van der Waals surface area contributed by atoms with Crippen LogP contribution in [0, 0.1) is 5.82 Å². The Morgan fingerprint density at radius 3 is 2.63 bits per heavy atom. The Bertz CT molecular complexity index is 557. The maximum atomic E-state index is 13.2. The van der Waals surface area contributed by atoms with Gasteiger partial charge in [0.1, 0.15) is 23.2 Å². The second-order valence-corrected chi connectivity index (χ2v) is 7.13. The van der Waals surface area contributed by atoms with Crippen molar-refractivity contribution in [2.24, 2.45) is 0 Å². The Morgan fingerprint density at radius 2 is 2.05 bits per heavy atom. The smallest absolute Gasteiger partial charge is 0.140 e. The van der Waals surface area contributed by atoms with Crippen molar-refractivity contribution in [3.05, 3.63) is 44.6 Å². The Hall–Kier alpha value is -0.940. The summed E-state index contributed by atoms with van der Waals surface area (Å²) in [6.07, 6.45) is 0. The maximum Gasteiger partial charge on any atom is 0.140 e. The fourth-order valence-corrected chi connectivity index (χ4v) is 2.85. The summed E-state index contributed by atoms with van der Waals surface area (Å²) in [5.41, 5.74) is 1.09. The predicted molar refractivity (Wildman–Crippen MR) is 79.2 cm³/mol. The minimum absolute atomic E-state index is 0.0383. The lowest BCUT2D eigenvalue weighted by atomic mass is 9.93. The first-order valence-electron chi connectivity index (χ1n) is 5.88. The van der Waals surface area contributed by atoms with Crippen molar-refractivity contribution < 1.29 is 9.13 Å². The SMILES string of the molecule is CC(C)(C)c1csc(COc2cc(F)cc(Br)c2)n1. The molecule has 102 valence electrons. The van der Waals surface area contributed by atoms with Gasteiger partial charge in [0.15, 0.2) is 0 Å². The molecule has 0 radical (unpaired) electrons. The molecule has 0 saturated carbocycles. The zero-order valence-corrected chi connectivity index (χ0v) is 13.4. The molecule has 0 saturated heterocycles. The van der Waals surface area contributed by atoms with Gasteiger partial charge in [-0.3, -0.25) is 0 Å². The number of rotatable bonds is 3. The third-order valence-corrected chi connectivity index (χ3v) is 3.80. The van der Waals surface area contributed by atoms with E-state index in [4.69, 9.17) is 4.74 Å². The van der Waals surface area contributed by atoms with Gasteiger partial charge in [-0.05, 0) is 12.1 Å². The van der Waals surface area contributed by atoms with Crippen molar-refractivity contribution in [1.82, 2.24) is 4.98 Å². The molecule has 0 aliphatic carbocycles. The molecule has 1 aromatic heterocycles. The molecule has 0 unspecified atom stereocenters. The first kappa shape index (κ1) is 14.5. The molecule has 19 heavy (non-hydrogen) atoms. The van der Waals surface area contributed by atoms with Gasteiger partial charge < -0.3 is 4.74 Å². The molecule has 0 aliphatic heterocycles. The predicted octanol–water partition coefficient (Wildman–Crippen LogP) is 4.92. The number of benzene rings is 1. The topological polar surface area (TPSA) is 22.1 Å². The van der Waals surface area contributed by atoms with Crippen LogP contribution < -0.4 is 4.74 Å². The van der Waals surface area contributed by atoms with E-state index >= 15 is 0 Å². The van der Waals surface area contributed by atoms with Crippen LogP contribution in [0.3, 0.4) is 0 Å². The van der Waals surface area contributed by atoms with Gasteiger partial charge in [-0.25, -0.2) is 9.37 Å². The van der Waals surface area contributed by atoms with Gasteiger partial charge in [-0.2, -0.15) is 0 Å². The average molecular weight is 344 g/mol. The summed E-state index contributed by atoms with van der Waals surface area (Å²) in [7, 11) is 0. The van der Waals surface area contributed by atoms with Crippen molar-refractivity contribution >= 4 is 27.3 Å². The monoisotopic (exact) mass is 343 g/mol. The number of ether oxygens (including phenoxy) is 1. The van der Waals surface area contributed by atoms with Crippen molar-refractivity contribution in [3.63, 3.8) is 0 Å². The molecular formula is C14H15BrFNOS. The van der Waals surface area contributed by atoms with Gasteiger partial charge >= 0.3 is 0 Å². The van der Waals surface area contributed by atoms with E-state index in [1.165, 1.54) is 12.1 Å². The number of hydrogen-bond acceptors (Lipinski definition) is 3. The molecule has 2 rings (SSSR count). The lowest BCUT2D eigenvalue weighted by Crippen LogP contribution is -2.11. The number of hydrogen-bond donors (Lipinski definition) is 0. The van der Waals surface area contributed by atoms with Gasteiger partial charge in [-0.1, -0.05) is 36.7 Å². The largest absolute Gasteiger partial charge is 0.486 e. The Labute approximate surface area is 124 Å². The molecule has 0 aliphatic rings. The van der Waals surface area contributed by atoms with E-state index in [1.807, 2.05) is 5.38 Å². The lowest BCUT2D eigenvalue weighted by molar-refractivity contribution is 0.303. The fraction of sp³-hybridized carbons (Fsp3) is 0.357. The first-order chi connectivity index (χ1) is 8.84. The zero-order chi connectivity index (χ0) is 14.0. The zero-order valence-electron chi connectivity index (χ0n) is 11.0. The quantitative estimate of drug-likeness (QED) is 0.788. The highest BCUT2D eigenvalue weighted by atomic mass is 79.9. The Balaban J connectivity index is 2.04. The van der Waals surface area contributed by atoms with E-state index in [9.17, 15) is 4.39 Å². The van der Waals surface area contributed by atoms with Gasteiger partial charge in [0, 0.05) is 21.3 Å². The number of thiazole rings is 1. The molecule has 1 aromatic carbocycles. The van der Waals surface area contributed by atoms with E-state index in [1.54, 1.807) is 17.4 Å². The van der Waals surface area contributed by atoms with Crippen LogP contribution >= 0.6 is 27.3 Å². The summed E-state index contributed by atoms with van der Waals surface area (Å²) in [5.74, 6) is 0.179. The molecule has 0 amide bonds. The van der Waals surface area contributed by atoms with Crippen molar-refractivity contribution in [2.45, 2.75) is 32.8 Å². The molecule has 2 nitrogen and oxygen atoms in total. The van der Waals surface area contributed by atoms with E-state index in [2.05, 4.69) is 41.7 Å². The molecule has 1 heterocycles. The van der Waals surface area contributed by atoms with Crippen LogP contribution in [0.2, 0.25) is 0 Å². The van der Waals surface area contributed by atoms with Gasteiger partial charge in [0.25, 0.3) is 0 Å². The van der Waals surface area contributed by atoms with Gasteiger partial charge in [0.2, 0.25) is 0 Å². The second kappa shape index (κ2) is 5.59. The number of nitrogens with zero attached hydrogens (tertiary/aromatic N) is 1. The van der Waals surface area contributed by atoms with Crippen LogP contribution in [0.4, 0.5) is 4.39 Å². The van der Waals surface area contributed by atoms with Gasteiger partial charge in [0.05, 0.1) is 5.69 Å². The van der Waals surface area contributed by atoms with Crippen LogP contribution in [0.25, 0.3) is 0 Å². The highest BCUT2D eigenvalue weighted by Crippen LogP contribution is 2.25. The summed E-state index contributed by atoms with van der Waals surface area (Å²) < 4.78 is 19.4. The summed E-state index contributed by atoms with van der Waals surface area (Å²) in [6.45, 7) is 6.72. The highest BCUT2D eigenvalue weighted by molar-refractivity contribution is 9.10. The van der Waals surface area contributed by atoms with Crippen molar-refractivity contribution in [2.75, 3.05) is 0 Å². The maximum absolute atomic E-state index is 13.2. The van der Waals surface area contributed by atoms with E-state index in [0.717, 1.165) is 10.7 Å². The minimum atomic E-state index is -0.320. The molecule has 2 aromatic rings. The van der Waals surface area contributed by atoms with E-state index in [0.29, 0.717) is 16.8 Å². The standard InChI is InChI=1S/C14H15BrFNOS/c1-14(2,3)12-8-19-13(17-12)7-18-11-5-9(15)4-10(16)6-11/h4-6,8H,7H2,1-3H3. The highest BCUT2D eigenvalue weighted by Gasteiger charge is 2.17. The number of halogens is 2. The molecule has 0 fully saturated rings. The average Bonchev–Trinajstić information content (AvgIpc) is 2.73. The molecular weight excluding hydrogens is 329 g/mol. The van der Waals surface area contributed by atoms with Crippen LogP contribution in [-0.2, 0) is 12.0 Å². The normalized spacial score (nSPS) is 11.6. The summed E-state index contributed by atoms with van der Waals surface area (Å²) >= 11 is 4.80. The van der Waals surface area contributed by atoms with E-state index in [-0.39, 0.29) is 11.2 Å². The molecule has 5 heteroatoms. The molecule has 0 spiro atoms. The third kappa shape index (κ3) is 4.01. The van der Waals surface area contributed by atoms with Crippen LogP contribution in [0.1, 0.15) is 31.5 Å².